The van der Waals surface area contributed by atoms with E-state index in [1.807, 2.05) is 0 Å². The Labute approximate surface area is 202 Å². The molecular weight excluding hydrogens is 412 g/mol. The smallest absolute Gasteiger partial charge is 0.312 e. The van der Waals surface area contributed by atoms with Gasteiger partial charge in [-0.3, -0.25) is 4.79 Å². The minimum absolute atomic E-state index is 0.0291. The van der Waals surface area contributed by atoms with Gasteiger partial charge < -0.3 is 14.2 Å². The molecule has 33 heavy (non-hydrogen) atoms. The molecule has 0 aromatic carbocycles. The van der Waals surface area contributed by atoms with Crippen molar-refractivity contribution in [2.45, 2.75) is 149 Å². The average Bonchev–Trinajstić information content (AvgIpc) is 2.72. The molecule has 5 unspecified atom stereocenters. The van der Waals surface area contributed by atoms with Gasteiger partial charge in [0.15, 0.2) is 6.29 Å². The van der Waals surface area contributed by atoms with Gasteiger partial charge in [0.1, 0.15) is 5.60 Å². The van der Waals surface area contributed by atoms with Crippen LogP contribution in [0.5, 0.6) is 0 Å². The zero-order chi connectivity index (χ0) is 23.9. The molecule has 5 rings (SSSR count). The van der Waals surface area contributed by atoms with Gasteiger partial charge in [-0.15, -0.1) is 0 Å². The van der Waals surface area contributed by atoms with E-state index in [0.29, 0.717) is 23.9 Å². The Kier molecular flexibility index (Phi) is 7.57. The first kappa shape index (κ1) is 25.5. The monoisotopic (exact) mass is 462 g/mol. The lowest BCUT2D eigenvalue weighted by atomic mass is 9.52. The van der Waals surface area contributed by atoms with Crippen LogP contribution in [0.2, 0.25) is 0 Å². The Morgan fingerprint density at radius 2 is 1.58 bits per heavy atom. The molecule has 5 aliphatic carbocycles. The van der Waals surface area contributed by atoms with E-state index in [-0.39, 0.29) is 29.4 Å². The Morgan fingerprint density at radius 3 is 2.15 bits per heavy atom. The van der Waals surface area contributed by atoms with E-state index in [1.165, 1.54) is 25.7 Å². The Hall–Kier alpha value is -0.610. The molecule has 0 saturated heterocycles. The zero-order valence-electron chi connectivity index (χ0n) is 22.3. The van der Waals surface area contributed by atoms with Crippen LogP contribution in [-0.2, 0) is 19.0 Å². The summed E-state index contributed by atoms with van der Waals surface area (Å²) in [6.45, 7) is 13.1. The number of hydrogen-bond acceptors (Lipinski definition) is 4. The topological polar surface area (TPSA) is 44.8 Å². The third-order valence-corrected chi connectivity index (χ3v) is 9.83. The van der Waals surface area contributed by atoms with E-state index < -0.39 is 5.41 Å². The molecule has 0 heterocycles. The SMILES string of the molecule is CCC(C)CC(C)(C(=O)OC12CC3CC(C1)CC(OC(C)OC1CCCCC1)(C3)C2)C(C)C. The Morgan fingerprint density at radius 1 is 0.970 bits per heavy atom. The molecule has 190 valence electrons. The van der Waals surface area contributed by atoms with Crippen molar-refractivity contribution in [3.63, 3.8) is 0 Å². The van der Waals surface area contributed by atoms with E-state index in [1.54, 1.807) is 0 Å². The van der Waals surface area contributed by atoms with Crippen molar-refractivity contribution >= 4 is 5.97 Å². The van der Waals surface area contributed by atoms with E-state index in [9.17, 15) is 4.79 Å². The molecule has 5 saturated carbocycles. The van der Waals surface area contributed by atoms with E-state index >= 15 is 0 Å². The maximum absolute atomic E-state index is 13.7. The van der Waals surface area contributed by atoms with Gasteiger partial charge in [0.05, 0.1) is 17.1 Å². The van der Waals surface area contributed by atoms with Crippen LogP contribution in [0.1, 0.15) is 125 Å². The average molecular weight is 463 g/mol. The molecule has 5 atom stereocenters. The van der Waals surface area contributed by atoms with Crippen molar-refractivity contribution in [1.82, 2.24) is 0 Å². The van der Waals surface area contributed by atoms with Crippen molar-refractivity contribution in [3.05, 3.63) is 0 Å². The highest BCUT2D eigenvalue weighted by atomic mass is 16.7. The zero-order valence-corrected chi connectivity index (χ0v) is 22.3. The van der Waals surface area contributed by atoms with Gasteiger partial charge >= 0.3 is 5.97 Å². The van der Waals surface area contributed by atoms with Crippen molar-refractivity contribution in [1.29, 1.82) is 0 Å². The highest BCUT2D eigenvalue weighted by molar-refractivity contribution is 5.77. The summed E-state index contributed by atoms with van der Waals surface area (Å²) in [4.78, 5) is 13.7. The summed E-state index contributed by atoms with van der Waals surface area (Å²) in [5, 5.41) is 0. The lowest BCUT2D eigenvalue weighted by Crippen LogP contribution is -2.62. The molecule has 0 radical (unpaired) electrons. The molecule has 0 amide bonds. The number of ether oxygens (including phenoxy) is 3. The van der Waals surface area contributed by atoms with Gasteiger partial charge in [0.2, 0.25) is 0 Å². The first-order valence-corrected chi connectivity index (χ1v) is 14.1. The molecule has 0 aromatic rings. The molecule has 4 bridgehead atoms. The quantitative estimate of drug-likeness (QED) is 0.250. The van der Waals surface area contributed by atoms with Crippen LogP contribution in [0.15, 0.2) is 0 Å². The Balaban J connectivity index is 1.46. The summed E-state index contributed by atoms with van der Waals surface area (Å²) >= 11 is 0. The molecular formula is C29H50O4. The third-order valence-electron chi connectivity index (χ3n) is 9.83. The fourth-order valence-electron chi connectivity index (χ4n) is 7.94. The largest absolute Gasteiger partial charge is 0.459 e. The standard InChI is InChI=1S/C29H50O4/c1-7-21(4)14-27(6,20(2)3)26(30)33-29-17-23-13-24(18-29)16-28(15-23,19-29)32-22(5)31-25-11-9-8-10-12-25/h20-25H,7-19H2,1-6H3. The van der Waals surface area contributed by atoms with Crippen LogP contribution < -0.4 is 0 Å². The van der Waals surface area contributed by atoms with Crippen LogP contribution in [-0.4, -0.2) is 29.6 Å². The van der Waals surface area contributed by atoms with Crippen molar-refractivity contribution in [2.75, 3.05) is 0 Å². The Bertz CT molecular complexity index is 667. The molecule has 5 fully saturated rings. The van der Waals surface area contributed by atoms with Crippen LogP contribution in [0.3, 0.4) is 0 Å². The summed E-state index contributed by atoms with van der Waals surface area (Å²) in [7, 11) is 0. The number of hydrogen-bond donors (Lipinski definition) is 0. The molecule has 4 nitrogen and oxygen atoms in total. The van der Waals surface area contributed by atoms with Gasteiger partial charge in [0.25, 0.3) is 0 Å². The van der Waals surface area contributed by atoms with Gasteiger partial charge in [-0.1, -0.05) is 53.4 Å². The highest BCUT2D eigenvalue weighted by Gasteiger charge is 2.61. The van der Waals surface area contributed by atoms with Gasteiger partial charge in [-0.05, 0) is 88.9 Å². The van der Waals surface area contributed by atoms with Crippen LogP contribution in [0, 0.1) is 29.1 Å². The fraction of sp³-hybridized carbons (Fsp3) is 0.966. The maximum atomic E-state index is 13.7. The number of rotatable bonds is 10. The first-order valence-electron chi connectivity index (χ1n) is 14.1. The second kappa shape index (κ2) is 9.80. The molecule has 0 N–H and O–H groups in total. The van der Waals surface area contributed by atoms with E-state index in [4.69, 9.17) is 14.2 Å². The fourth-order valence-corrected chi connectivity index (χ4v) is 7.94. The van der Waals surface area contributed by atoms with E-state index in [2.05, 4.69) is 41.5 Å². The van der Waals surface area contributed by atoms with Crippen molar-refractivity contribution < 1.29 is 19.0 Å². The third kappa shape index (κ3) is 5.47. The molecule has 0 spiro atoms. The lowest BCUT2D eigenvalue weighted by molar-refractivity contribution is -0.289. The van der Waals surface area contributed by atoms with E-state index in [0.717, 1.165) is 57.8 Å². The number of esters is 1. The highest BCUT2D eigenvalue weighted by Crippen LogP contribution is 2.61. The summed E-state index contributed by atoms with van der Waals surface area (Å²) in [6, 6.07) is 0. The minimum atomic E-state index is -0.426. The molecule has 0 aromatic heterocycles. The molecule has 4 heteroatoms. The summed E-state index contributed by atoms with van der Waals surface area (Å²) < 4.78 is 19.7. The molecule has 0 aliphatic heterocycles. The predicted octanol–water partition coefficient (Wildman–Crippen LogP) is 7.43. The number of carbonyl (C=O) groups is 1. The van der Waals surface area contributed by atoms with Crippen LogP contribution >= 0.6 is 0 Å². The van der Waals surface area contributed by atoms with Crippen LogP contribution in [0.25, 0.3) is 0 Å². The normalized spacial score (nSPS) is 37.7. The van der Waals surface area contributed by atoms with Crippen LogP contribution in [0.4, 0.5) is 0 Å². The van der Waals surface area contributed by atoms with Gasteiger partial charge in [-0.2, -0.15) is 0 Å². The molecule has 5 aliphatic rings. The summed E-state index contributed by atoms with van der Waals surface area (Å²) in [6.07, 6.45) is 14.8. The van der Waals surface area contributed by atoms with Crippen molar-refractivity contribution in [2.24, 2.45) is 29.1 Å². The summed E-state index contributed by atoms with van der Waals surface area (Å²) in [5.74, 6) is 2.04. The minimum Gasteiger partial charge on any atom is -0.459 e. The predicted molar refractivity (Wildman–Crippen MR) is 132 cm³/mol. The second-order valence-corrected chi connectivity index (χ2v) is 13.1. The maximum Gasteiger partial charge on any atom is 0.312 e. The van der Waals surface area contributed by atoms with Gasteiger partial charge in [0, 0.05) is 6.42 Å². The second-order valence-electron chi connectivity index (χ2n) is 13.1. The summed E-state index contributed by atoms with van der Waals surface area (Å²) in [5.41, 5.74) is -0.940. The van der Waals surface area contributed by atoms with Gasteiger partial charge in [-0.25, -0.2) is 0 Å². The van der Waals surface area contributed by atoms with Crippen molar-refractivity contribution in [3.8, 4) is 0 Å². The first-order chi connectivity index (χ1) is 15.6. The number of carbonyl (C=O) groups excluding carboxylic acids is 1. The lowest BCUT2D eigenvalue weighted by Gasteiger charge is -2.61.